The van der Waals surface area contributed by atoms with Crippen LogP contribution in [-0.2, 0) is 0 Å². The monoisotopic (exact) mass is 225 g/mol. The average molecular weight is 225 g/mol. The molecule has 3 heteroatoms. The highest BCUT2D eigenvalue weighted by Gasteiger charge is 2.12. The van der Waals surface area contributed by atoms with Crippen molar-refractivity contribution in [3.63, 3.8) is 0 Å². The first kappa shape index (κ1) is 11.4. The zero-order valence-corrected chi connectivity index (χ0v) is 10.3. The molecule has 2 rings (SSSR count). The van der Waals surface area contributed by atoms with Crippen LogP contribution in [0.3, 0.4) is 0 Å². The van der Waals surface area contributed by atoms with Crippen LogP contribution in [-0.4, -0.2) is 9.78 Å². The van der Waals surface area contributed by atoms with Crippen molar-refractivity contribution in [1.29, 1.82) is 0 Å². The van der Waals surface area contributed by atoms with Crippen LogP contribution < -0.4 is 0 Å². The van der Waals surface area contributed by atoms with Crippen molar-refractivity contribution >= 4 is 5.69 Å². The van der Waals surface area contributed by atoms with Gasteiger partial charge in [0, 0.05) is 5.69 Å². The summed E-state index contributed by atoms with van der Waals surface area (Å²) in [5.41, 5.74) is 4.09. The van der Waals surface area contributed by atoms with E-state index in [1.807, 2.05) is 35.1 Å². The molecule has 0 fully saturated rings. The number of hydrogen-bond donors (Lipinski definition) is 0. The molecule has 1 heterocycles. The van der Waals surface area contributed by atoms with E-state index in [0.29, 0.717) is 11.6 Å². The Morgan fingerprint density at radius 2 is 1.88 bits per heavy atom. The van der Waals surface area contributed by atoms with Crippen LogP contribution in [0.4, 0.5) is 5.69 Å². The van der Waals surface area contributed by atoms with Crippen molar-refractivity contribution in [2.24, 2.45) is 0 Å². The Hall–Kier alpha value is -2.08. The Kier molecular flexibility index (Phi) is 2.97. The topological polar surface area (TPSA) is 22.2 Å². The summed E-state index contributed by atoms with van der Waals surface area (Å²) in [6, 6.07) is 7.52. The Morgan fingerprint density at radius 1 is 1.24 bits per heavy atom. The van der Waals surface area contributed by atoms with Gasteiger partial charge in [-0.2, -0.15) is 5.10 Å². The molecule has 0 radical (unpaired) electrons. The molecular formula is C14H15N3. The first-order valence-corrected chi connectivity index (χ1v) is 5.66. The van der Waals surface area contributed by atoms with Gasteiger partial charge in [-0.1, -0.05) is 26.0 Å². The fraction of sp³-hybridized carbons (Fsp3) is 0.286. The van der Waals surface area contributed by atoms with Crippen LogP contribution in [0.1, 0.15) is 31.0 Å². The van der Waals surface area contributed by atoms with Crippen LogP contribution in [0.25, 0.3) is 10.5 Å². The van der Waals surface area contributed by atoms with Gasteiger partial charge < -0.3 is 0 Å². The molecule has 17 heavy (non-hydrogen) atoms. The third-order valence-electron chi connectivity index (χ3n) is 2.77. The molecule has 0 saturated carbocycles. The Labute approximate surface area is 102 Å². The minimum absolute atomic E-state index is 0.429. The molecular weight excluding hydrogens is 210 g/mol. The fourth-order valence-electron chi connectivity index (χ4n) is 2.01. The lowest BCUT2D eigenvalue weighted by Crippen LogP contribution is -2.04. The third kappa shape index (κ3) is 2.07. The maximum atomic E-state index is 6.94. The van der Waals surface area contributed by atoms with E-state index in [9.17, 15) is 0 Å². The molecule has 0 saturated heterocycles. The molecule has 0 spiro atoms. The van der Waals surface area contributed by atoms with Crippen LogP contribution in [0.15, 0.2) is 30.5 Å². The Bertz CT molecular complexity index is 556. The molecule has 2 aromatic rings. The first-order chi connectivity index (χ1) is 8.13. The molecule has 0 N–H and O–H groups in total. The molecule has 0 unspecified atom stereocenters. The van der Waals surface area contributed by atoms with Gasteiger partial charge in [0.2, 0.25) is 0 Å². The van der Waals surface area contributed by atoms with Gasteiger partial charge in [0.25, 0.3) is 0 Å². The molecule has 86 valence electrons. The van der Waals surface area contributed by atoms with E-state index >= 15 is 0 Å². The number of nitrogens with zero attached hydrogens (tertiary/aromatic N) is 3. The van der Waals surface area contributed by atoms with E-state index < -0.39 is 0 Å². The molecule has 0 aliphatic rings. The van der Waals surface area contributed by atoms with Gasteiger partial charge in [0.05, 0.1) is 18.5 Å². The van der Waals surface area contributed by atoms with Gasteiger partial charge in [-0.15, -0.1) is 0 Å². The average Bonchev–Trinajstić information content (AvgIpc) is 2.71. The maximum Gasteiger partial charge on any atom is 0.187 e. The predicted molar refractivity (Wildman–Crippen MR) is 68.7 cm³/mol. The van der Waals surface area contributed by atoms with E-state index in [4.69, 9.17) is 6.57 Å². The summed E-state index contributed by atoms with van der Waals surface area (Å²) < 4.78 is 1.95. The highest BCUT2D eigenvalue weighted by molar-refractivity contribution is 5.49. The molecule has 0 bridgehead atoms. The predicted octanol–water partition coefficient (Wildman–Crippen LogP) is 3.85. The van der Waals surface area contributed by atoms with Crippen LogP contribution >= 0.6 is 0 Å². The second kappa shape index (κ2) is 4.42. The van der Waals surface area contributed by atoms with Gasteiger partial charge in [0.15, 0.2) is 5.69 Å². The van der Waals surface area contributed by atoms with Crippen molar-refractivity contribution in [3.05, 3.63) is 53.1 Å². The van der Waals surface area contributed by atoms with Crippen molar-refractivity contribution in [2.75, 3.05) is 0 Å². The van der Waals surface area contributed by atoms with Gasteiger partial charge in [-0.05, 0) is 30.5 Å². The largest absolute Gasteiger partial charge is 0.238 e. The summed E-state index contributed by atoms with van der Waals surface area (Å²) in [6.07, 6.45) is 1.89. The molecule has 0 aliphatic carbocycles. The zero-order valence-electron chi connectivity index (χ0n) is 10.3. The normalized spacial score (nSPS) is 10.5. The number of benzene rings is 1. The number of aromatic nitrogens is 2. The minimum atomic E-state index is 0.429. The summed E-state index contributed by atoms with van der Waals surface area (Å²) in [6.45, 7) is 13.3. The molecule has 1 aromatic heterocycles. The van der Waals surface area contributed by atoms with E-state index in [0.717, 1.165) is 5.69 Å². The summed E-state index contributed by atoms with van der Waals surface area (Å²) in [7, 11) is 0. The highest BCUT2D eigenvalue weighted by atomic mass is 15.3. The molecule has 1 aromatic carbocycles. The van der Waals surface area contributed by atoms with Gasteiger partial charge in [0.1, 0.15) is 0 Å². The quantitative estimate of drug-likeness (QED) is 0.711. The second-order valence-corrected chi connectivity index (χ2v) is 4.41. The first-order valence-electron chi connectivity index (χ1n) is 5.66. The van der Waals surface area contributed by atoms with E-state index in [1.54, 1.807) is 0 Å². The van der Waals surface area contributed by atoms with Gasteiger partial charge >= 0.3 is 0 Å². The van der Waals surface area contributed by atoms with Crippen molar-refractivity contribution in [3.8, 4) is 5.69 Å². The molecule has 0 aliphatic heterocycles. The lowest BCUT2D eigenvalue weighted by atomic mass is 10.1. The minimum Gasteiger partial charge on any atom is -0.238 e. The fourth-order valence-corrected chi connectivity index (χ4v) is 2.01. The number of rotatable bonds is 2. The van der Waals surface area contributed by atoms with E-state index in [-0.39, 0.29) is 0 Å². The van der Waals surface area contributed by atoms with Crippen molar-refractivity contribution in [1.82, 2.24) is 9.78 Å². The summed E-state index contributed by atoms with van der Waals surface area (Å²) in [4.78, 5) is 3.39. The lowest BCUT2D eigenvalue weighted by Gasteiger charge is -2.11. The van der Waals surface area contributed by atoms with Gasteiger partial charge in [-0.3, -0.25) is 0 Å². The number of hydrogen-bond acceptors (Lipinski definition) is 1. The molecule has 0 atom stereocenters. The summed E-state index contributed by atoms with van der Waals surface area (Å²) in [5, 5.41) is 4.40. The van der Waals surface area contributed by atoms with Crippen molar-refractivity contribution < 1.29 is 0 Å². The van der Waals surface area contributed by atoms with E-state index in [1.165, 1.54) is 11.3 Å². The van der Waals surface area contributed by atoms with E-state index in [2.05, 4.69) is 30.7 Å². The zero-order chi connectivity index (χ0) is 12.4. The third-order valence-corrected chi connectivity index (χ3v) is 2.77. The summed E-state index contributed by atoms with van der Waals surface area (Å²) >= 11 is 0. The maximum absolute atomic E-state index is 6.94. The van der Waals surface area contributed by atoms with Crippen LogP contribution in [0, 0.1) is 13.5 Å². The van der Waals surface area contributed by atoms with Crippen LogP contribution in [0.2, 0.25) is 0 Å². The SMILES string of the molecule is [C-]#[N+]c1ccc(-n2ncc(C)c2C(C)C)cc1. The second-order valence-electron chi connectivity index (χ2n) is 4.41. The standard InChI is InChI=1S/C14H15N3/c1-10(2)14-11(3)9-16-17(14)13-7-5-12(15-4)6-8-13/h5-10H,1-3H3. The summed E-state index contributed by atoms with van der Waals surface area (Å²) in [5.74, 6) is 0.429. The smallest absolute Gasteiger partial charge is 0.187 e. The van der Waals surface area contributed by atoms with Crippen LogP contribution in [0.5, 0.6) is 0 Å². The number of aryl methyl sites for hydroxylation is 1. The molecule has 0 amide bonds. The highest BCUT2D eigenvalue weighted by Crippen LogP contribution is 2.23. The van der Waals surface area contributed by atoms with Gasteiger partial charge in [-0.25, -0.2) is 9.53 Å². The lowest BCUT2D eigenvalue weighted by molar-refractivity contribution is 0.730. The molecule has 3 nitrogen and oxygen atoms in total. The van der Waals surface area contributed by atoms with Crippen molar-refractivity contribution in [2.45, 2.75) is 26.7 Å². The Balaban J connectivity index is 2.50. The Morgan fingerprint density at radius 3 is 2.41 bits per heavy atom.